The molecule has 1 atom stereocenters. The van der Waals surface area contributed by atoms with E-state index in [1.165, 1.54) is 6.42 Å². The van der Waals surface area contributed by atoms with Gasteiger partial charge >= 0.3 is 0 Å². The second-order valence-electron chi connectivity index (χ2n) is 8.72. The maximum Gasteiger partial charge on any atom is 0.259 e. The van der Waals surface area contributed by atoms with Crippen LogP contribution in [0, 0.1) is 26.7 Å². The number of carbonyl (C=O) groups is 1. The third-order valence-corrected chi connectivity index (χ3v) is 6.10. The van der Waals surface area contributed by atoms with Crippen molar-refractivity contribution >= 4 is 22.6 Å². The number of hydrogen-bond acceptors (Lipinski definition) is 4. The lowest BCUT2D eigenvalue weighted by molar-refractivity contribution is 0.102. The van der Waals surface area contributed by atoms with Crippen molar-refractivity contribution in [2.75, 3.05) is 18.4 Å². The Kier molecular flexibility index (Phi) is 5.56. The molecule has 1 fully saturated rings. The number of hydrogen-bond donors (Lipinski definition) is 2. The molecule has 0 aliphatic carbocycles. The summed E-state index contributed by atoms with van der Waals surface area (Å²) in [6.45, 7) is 10.7. The minimum Gasteiger partial charge on any atom is -0.508 e. The number of fused-ring (bicyclic) bond motifs is 1. The number of rotatable bonds is 4. The number of amides is 1. The first-order chi connectivity index (χ1) is 14.3. The Morgan fingerprint density at radius 2 is 2.03 bits per heavy atom. The van der Waals surface area contributed by atoms with E-state index in [9.17, 15) is 9.90 Å². The fourth-order valence-electron chi connectivity index (χ4n) is 4.59. The first-order valence-electron chi connectivity index (χ1n) is 10.7. The Bertz CT molecular complexity index is 1100. The van der Waals surface area contributed by atoms with Gasteiger partial charge in [-0.25, -0.2) is 0 Å². The van der Waals surface area contributed by atoms with E-state index in [0.29, 0.717) is 34.8 Å². The maximum atomic E-state index is 13.3. The monoisotopic (exact) mass is 406 g/mol. The summed E-state index contributed by atoms with van der Waals surface area (Å²) < 4.78 is 5.92. The standard InChI is InChI=1S/C25H30N2O3/c1-15-7-8-20(17(3)12-15)26-25(29)23-18(4)30-22-10-9-21(28)19(24(22)23)14-27-11-5-6-16(2)13-27/h7-10,12,16,28H,5-6,11,13-14H2,1-4H3,(H,26,29). The van der Waals surface area contributed by atoms with Crippen molar-refractivity contribution in [1.82, 2.24) is 4.90 Å². The van der Waals surface area contributed by atoms with Gasteiger partial charge in [-0.1, -0.05) is 24.6 Å². The van der Waals surface area contributed by atoms with Gasteiger partial charge in [-0.15, -0.1) is 0 Å². The smallest absolute Gasteiger partial charge is 0.259 e. The highest BCUT2D eigenvalue weighted by molar-refractivity contribution is 6.14. The largest absolute Gasteiger partial charge is 0.508 e. The van der Waals surface area contributed by atoms with Crippen molar-refractivity contribution in [1.29, 1.82) is 0 Å². The number of benzene rings is 2. The summed E-state index contributed by atoms with van der Waals surface area (Å²) >= 11 is 0. The van der Waals surface area contributed by atoms with Gasteiger partial charge < -0.3 is 14.8 Å². The summed E-state index contributed by atoms with van der Waals surface area (Å²) in [5.74, 6) is 1.20. The molecule has 0 saturated carbocycles. The third-order valence-electron chi connectivity index (χ3n) is 6.10. The van der Waals surface area contributed by atoms with E-state index in [0.717, 1.165) is 41.9 Å². The SMILES string of the molecule is Cc1ccc(NC(=O)c2c(C)oc3ccc(O)c(CN4CCCC(C)C4)c23)c(C)c1. The fraction of sp³-hybridized carbons (Fsp3) is 0.400. The third kappa shape index (κ3) is 3.94. The molecule has 1 aromatic heterocycles. The first-order valence-corrected chi connectivity index (χ1v) is 10.7. The molecule has 2 N–H and O–H groups in total. The zero-order valence-electron chi connectivity index (χ0n) is 18.2. The van der Waals surface area contributed by atoms with Crippen molar-refractivity contribution in [3.63, 3.8) is 0 Å². The molecule has 1 aliphatic rings. The number of likely N-dealkylation sites (tertiary alicyclic amines) is 1. The predicted molar refractivity (Wildman–Crippen MR) is 120 cm³/mol. The predicted octanol–water partition coefficient (Wildman–Crippen LogP) is 5.55. The topological polar surface area (TPSA) is 65.7 Å². The summed E-state index contributed by atoms with van der Waals surface area (Å²) in [4.78, 5) is 15.6. The van der Waals surface area contributed by atoms with Crippen LogP contribution in [-0.4, -0.2) is 29.0 Å². The summed E-state index contributed by atoms with van der Waals surface area (Å²) in [6.07, 6.45) is 2.39. The molecule has 5 heteroatoms. The van der Waals surface area contributed by atoms with E-state index in [2.05, 4.69) is 17.1 Å². The molecule has 1 aliphatic heterocycles. The van der Waals surface area contributed by atoms with Crippen LogP contribution in [0.2, 0.25) is 0 Å². The average Bonchev–Trinajstić information content (AvgIpc) is 3.03. The van der Waals surface area contributed by atoms with Crippen LogP contribution in [0.5, 0.6) is 5.75 Å². The molecular weight excluding hydrogens is 376 g/mol. The second-order valence-corrected chi connectivity index (χ2v) is 8.72. The zero-order valence-corrected chi connectivity index (χ0v) is 18.2. The van der Waals surface area contributed by atoms with Crippen LogP contribution in [0.15, 0.2) is 34.7 Å². The van der Waals surface area contributed by atoms with Gasteiger partial charge in [-0.3, -0.25) is 9.69 Å². The number of aryl methyl sites for hydroxylation is 3. The van der Waals surface area contributed by atoms with E-state index in [1.54, 1.807) is 19.1 Å². The highest BCUT2D eigenvalue weighted by Crippen LogP contribution is 2.36. The van der Waals surface area contributed by atoms with Crippen molar-refractivity contribution in [2.24, 2.45) is 5.92 Å². The van der Waals surface area contributed by atoms with Crippen molar-refractivity contribution < 1.29 is 14.3 Å². The first kappa shape index (κ1) is 20.5. The lowest BCUT2D eigenvalue weighted by Crippen LogP contribution is -2.33. The number of nitrogens with zero attached hydrogens (tertiary/aromatic N) is 1. The van der Waals surface area contributed by atoms with Gasteiger partial charge in [0.25, 0.3) is 5.91 Å². The van der Waals surface area contributed by atoms with Gasteiger partial charge in [-0.2, -0.15) is 0 Å². The van der Waals surface area contributed by atoms with Gasteiger partial charge in [0, 0.05) is 29.7 Å². The number of phenols is 1. The summed E-state index contributed by atoms with van der Waals surface area (Å²) in [5.41, 5.74) is 4.85. The van der Waals surface area contributed by atoms with Gasteiger partial charge in [0.1, 0.15) is 17.1 Å². The minimum absolute atomic E-state index is 0.210. The normalized spacial score (nSPS) is 17.4. The fourth-order valence-corrected chi connectivity index (χ4v) is 4.59. The molecule has 0 spiro atoms. The molecule has 30 heavy (non-hydrogen) atoms. The Morgan fingerprint density at radius 1 is 1.23 bits per heavy atom. The lowest BCUT2D eigenvalue weighted by Gasteiger charge is -2.31. The molecule has 4 rings (SSSR count). The molecule has 2 heterocycles. The molecule has 0 bridgehead atoms. The molecule has 1 unspecified atom stereocenters. The van der Waals surface area contributed by atoms with Crippen molar-refractivity contribution in [2.45, 2.75) is 47.1 Å². The van der Waals surface area contributed by atoms with Gasteiger partial charge in [0.2, 0.25) is 0 Å². The van der Waals surface area contributed by atoms with Crippen LogP contribution in [-0.2, 0) is 6.54 Å². The summed E-state index contributed by atoms with van der Waals surface area (Å²) in [7, 11) is 0. The minimum atomic E-state index is -0.211. The van der Waals surface area contributed by atoms with Gasteiger partial charge in [0.05, 0.1) is 5.56 Å². The van der Waals surface area contributed by atoms with E-state index < -0.39 is 0 Å². The van der Waals surface area contributed by atoms with Crippen LogP contribution in [0.4, 0.5) is 5.69 Å². The van der Waals surface area contributed by atoms with E-state index in [1.807, 2.05) is 32.0 Å². The number of furan rings is 1. The highest BCUT2D eigenvalue weighted by Gasteiger charge is 2.25. The maximum absolute atomic E-state index is 13.3. The number of phenolic OH excluding ortho intramolecular Hbond substituents is 1. The van der Waals surface area contributed by atoms with Crippen LogP contribution in [0.25, 0.3) is 11.0 Å². The molecule has 2 aromatic carbocycles. The van der Waals surface area contributed by atoms with E-state index in [4.69, 9.17) is 4.42 Å². The molecule has 1 amide bonds. The number of nitrogens with one attached hydrogen (secondary N) is 1. The van der Waals surface area contributed by atoms with Gasteiger partial charge in [-0.05, 0) is 69.8 Å². The van der Waals surface area contributed by atoms with Crippen molar-refractivity contribution in [3.05, 3.63) is 58.3 Å². The summed E-state index contributed by atoms with van der Waals surface area (Å²) in [6, 6.07) is 9.36. The Labute approximate surface area is 177 Å². The van der Waals surface area contributed by atoms with Crippen LogP contribution >= 0.6 is 0 Å². The molecule has 3 aromatic rings. The van der Waals surface area contributed by atoms with Crippen LogP contribution < -0.4 is 5.32 Å². The van der Waals surface area contributed by atoms with E-state index in [-0.39, 0.29) is 11.7 Å². The van der Waals surface area contributed by atoms with Gasteiger partial charge in [0.15, 0.2) is 0 Å². The van der Waals surface area contributed by atoms with Crippen LogP contribution in [0.3, 0.4) is 0 Å². The quantitative estimate of drug-likeness (QED) is 0.596. The van der Waals surface area contributed by atoms with E-state index >= 15 is 0 Å². The molecular formula is C25H30N2O3. The Balaban J connectivity index is 1.73. The number of carbonyl (C=O) groups excluding carboxylic acids is 1. The number of aromatic hydroxyl groups is 1. The lowest BCUT2D eigenvalue weighted by atomic mass is 9.98. The highest BCUT2D eigenvalue weighted by atomic mass is 16.3. The molecule has 5 nitrogen and oxygen atoms in total. The van der Waals surface area contributed by atoms with Crippen molar-refractivity contribution in [3.8, 4) is 5.75 Å². The zero-order chi connectivity index (χ0) is 21.4. The molecule has 0 radical (unpaired) electrons. The number of anilines is 1. The Morgan fingerprint density at radius 3 is 2.77 bits per heavy atom. The second kappa shape index (κ2) is 8.15. The molecule has 158 valence electrons. The summed E-state index contributed by atoms with van der Waals surface area (Å²) in [5, 5.41) is 14.4. The average molecular weight is 407 g/mol. The Hall–Kier alpha value is -2.79. The number of piperidine rings is 1. The van der Waals surface area contributed by atoms with Crippen LogP contribution in [0.1, 0.15) is 52.6 Å². The molecule has 1 saturated heterocycles.